The summed E-state index contributed by atoms with van der Waals surface area (Å²) in [7, 11) is 0. The number of likely N-dealkylation sites (tertiary alicyclic amines) is 1. The molecule has 2 fully saturated rings. The Bertz CT molecular complexity index is 762. The molecule has 1 N–H and O–H groups in total. The summed E-state index contributed by atoms with van der Waals surface area (Å²) < 4.78 is 0. The molecule has 1 aromatic heterocycles. The Morgan fingerprint density at radius 2 is 1.84 bits per heavy atom. The lowest BCUT2D eigenvalue weighted by atomic mass is 9.86. The van der Waals surface area contributed by atoms with Crippen LogP contribution in [0.4, 0.5) is 0 Å². The minimum atomic E-state index is -0.326. The normalized spacial score (nSPS) is 23.8. The number of carbonyl (C=O) groups is 1. The molecule has 2 aliphatic heterocycles. The fraction of sp³-hybridized carbons (Fsp3) is 0.421. The van der Waals surface area contributed by atoms with Crippen LogP contribution in [0, 0.1) is 0 Å². The zero-order chi connectivity index (χ0) is 17.3. The van der Waals surface area contributed by atoms with E-state index in [2.05, 4.69) is 20.2 Å². The molecule has 1 unspecified atom stereocenters. The minimum Gasteiger partial charge on any atom is -0.354 e. The lowest BCUT2D eigenvalue weighted by Gasteiger charge is -2.40. The second-order valence-electron chi connectivity index (χ2n) is 6.84. The van der Waals surface area contributed by atoms with Crippen molar-refractivity contribution in [3.05, 3.63) is 47.2 Å². The van der Waals surface area contributed by atoms with E-state index in [9.17, 15) is 4.79 Å². The highest BCUT2D eigenvalue weighted by Crippen LogP contribution is 2.36. The van der Waals surface area contributed by atoms with Crippen LogP contribution in [0.25, 0.3) is 11.4 Å². The molecule has 25 heavy (non-hydrogen) atoms. The SMILES string of the molecule is O=C1NCCCC12CCCN2Cc1cnc(-c2ccc(Cl)cc2)nc1. The first kappa shape index (κ1) is 16.5. The lowest BCUT2D eigenvalue weighted by Crippen LogP contribution is -2.58. The van der Waals surface area contributed by atoms with E-state index < -0.39 is 0 Å². The topological polar surface area (TPSA) is 58.1 Å². The number of rotatable bonds is 3. The molecule has 5 nitrogen and oxygen atoms in total. The van der Waals surface area contributed by atoms with Gasteiger partial charge in [-0.2, -0.15) is 0 Å². The number of halogens is 1. The Morgan fingerprint density at radius 1 is 1.12 bits per heavy atom. The second kappa shape index (κ2) is 6.73. The van der Waals surface area contributed by atoms with Gasteiger partial charge < -0.3 is 5.32 Å². The molecule has 1 amide bonds. The molecule has 6 heteroatoms. The summed E-state index contributed by atoms with van der Waals surface area (Å²) in [5, 5.41) is 3.74. The van der Waals surface area contributed by atoms with E-state index in [1.807, 2.05) is 36.7 Å². The highest BCUT2D eigenvalue weighted by Gasteiger charge is 2.48. The van der Waals surface area contributed by atoms with Gasteiger partial charge in [-0.15, -0.1) is 0 Å². The zero-order valence-electron chi connectivity index (χ0n) is 14.0. The van der Waals surface area contributed by atoms with Gasteiger partial charge in [0.1, 0.15) is 5.54 Å². The van der Waals surface area contributed by atoms with E-state index in [4.69, 9.17) is 11.6 Å². The molecule has 1 spiro atoms. The van der Waals surface area contributed by atoms with Crippen LogP contribution in [0.2, 0.25) is 5.02 Å². The van der Waals surface area contributed by atoms with Crippen LogP contribution in [0.5, 0.6) is 0 Å². The van der Waals surface area contributed by atoms with Crippen molar-refractivity contribution < 1.29 is 4.79 Å². The van der Waals surface area contributed by atoms with Crippen LogP contribution >= 0.6 is 11.6 Å². The molecule has 0 bridgehead atoms. The summed E-state index contributed by atoms with van der Waals surface area (Å²) in [4.78, 5) is 23.8. The number of hydrogen-bond acceptors (Lipinski definition) is 4. The summed E-state index contributed by atoms with van der Waals surface area (Å²) in [5.41, 5.74) is 1.66. The number of aromatic nitrogens is 2. The molecule has 0 radical (unpaired) electrons. The minimum absolute atomic E-state index is 0.190. The van der Waals surface area contributed by atoms with Gasteiger partial charge in [-0.1, -0.05) is 11.6 Å². The van der Waals surface area contributed by atoms with Crippen molar-refractivity contribution in [1.29, 1.82) is 0 Å². The Morgan fingerprint density at radius 3 is 2.56 bits per heavy atom. The summed E-state index contributed by atoms with van der Waals surface area (Å²) in [6.45, 7) is 2.47. The molecule has 2 aromatic rings. The van der Waals surface area contributed by atoms with Crippen LogP contribution in [0.15, 0.2) is 36.7 Å². The molecule has 0 aliphatic carbocycles. The van der Waals surface area contributed by atoms with E-state index in [-0.39, 0.29) is 11.4 Å². The van der Waals surface area contributed by atoms with Crippen LogP contribution in [-0.4, -0.2) is 39.4 Å². The van der Waals surface area contributed by atoms with Gasteiger partial charge in [0.25, 0.3) is 0 Å². The Balaban J connectivity index is 1.51. The van der Waals surface area contributed by atoms with E-state index >= 15 is 0 Å². The maximum absolute atomic E-state index is 12.5. The van der Waals surface area contributed by atoms with Gasteiger partial charge in [0.2, 0.25) is 5.91 Å². The van der Waals surface area contributed by atoms with Crippen molar-refractivity contribution in [3.63, 3.8) is 0 Å². The molecular formula is C19H21ClN4O. The quantitative estimate of drug-likeness (QED) is 0.918. The Hall–Kier alpha value is -1.98. The van der Waals surface area contributed by atoms with Gasteiger partial charge in [-0.25, -0.2) is 9.97 Å². The first-order valence-electron chi connectivity index (χ1n) is 8.78. The number of nitrogens with zero attached hydrogens (tertiary/aromatic N) is 3. The molecule has 2 aliphatic rings. The first-order valence-corrected chi connectivity index (χ1v) is 9.15. The molecule has 1 atom stereocenters. The number of piperidine rings is 1. The molecule has 0 saturated carbocycles. The average molecular weight is 357 g/mol. The maximum atomic E-state index is 12.5. The van der Waals surface area contributed by atoms with Crippen molar-refractivity contribution in [2.45, 2.75) is 37.8 Å². The van der Waals surface area contributed by atoms with E-state index in [0.717, 1.165) is 49.9 Å². The maximum Gasteiger partial charge on any atom is 0.240 e. The van der Waals surface area contributed by atoms with Gasteiger partial charge in [-0.3, -0.25) is 9.69 Å². The third-order valence-corrected chi connectivity index (χ3v) is 5.53. The highest BCUT2D eigenvalue weighted by molar-refractivity contribution is 6.30. The summed E-state index contributed by atoms with van der Waals surface area (Å²) in [6.07, 6.45) is 7.74. The van der Waals surface area contributed by atoms with Gasteiger partial charge in [-0.05, 0) is 56.5 Å². The number of hydrogen-bond donors (Lipinski definition) is 1. The number of benzene rings is 1. The fourth-order valence-corrected chi connectivity index (χ4v) is 4.10. The summed E-state index contributed by atoms with van der Waals surface area (Å²) in [6, 6.07) is 7.51. The van der Waals surface area contributed by atoms with Gasteiger partial charge in [0.15, 0.2) is 5.82 Å². The summed E-state index contributed by atoms with van der Waals surface area (Å²) >= 11 is 5.92. The zero-order valence-corrected chi connectivity index (χ0v) is 14.8. The van der Waals surface area contributed by atoms with E-state index in [1.165, 1.54) is 0 Å². The van der Waals surface area contributed by atoms with Crippen molar-refractivity contribution in [1.82, 2.24) is 20.2 Å². The van der Waals surface area contributed by atoms with Crippen LogP contribution in [0.1, 0.15) is 31.2 Å². The third-order valence-electron chi connectivity index (χ3n) is 5.28. The van der Waals surface area contributed by atoms with Crippen LogP contribution < -0.4 is 5.32 Å². The van der Waals surface area contributed by atoms with Gasteiger partial charge >= 0.3 is 0 Å². The van der Waals surface area contributed by atoms with Crippen LogP contribution in [-0.2, 0) is 11.3 Å². The second-order valence-corrected chi connectivity index (χ2v) is 7.27. The van der Waals surface area contributed by atoms with E-state index in [1.54, 1.807) is 0 Å². The largest absolute Gasteiger partial charge is 0.354 e. The van der Waals surface area contributed by atoms with Crippen molar-refractivity contribution >= 4 is 17.5 Å². The van der Waals surface area contributed by atoms with Gasteiger partial charge in [0.05, 0.1) is 0 Å². The standard InChI is InChI=1S/C19H21ClN4O/c20-16-5-3-15(4-6-16)17-22-11-14(12-23-17)13-24-10-2-8-19(24)7-1-9-21-18(19)25/h3-6,11-12H,1-2,7-10,13H2,(H,21,25). The predicted octanol–water partition coefficient (Wildman–Crippen LogP) is 3.04. The smallest absolute Gasteiger partial charge is 0.240 e. The average Bonchev–Trinajstić information content (AvgIpc) is 3.02. The molecule has 1 aromatic carbocycles. The first-order chi connectivity index (χ1) is 12.2. The van der Waals surface area contributed by atoms with Crippen molar-refractivity contribution in [2.75, 3.05) is 13.1 Å². The molecule has 4 rings (SSSR count). The van der Waals surface area contributed by atoms with Crippen molar-refractivity contribution in [2.24, 2.45) is 0 Å². The summed E-state index contributed by atoms with van der Waals surface area (Å²) in [5.74, 6) is 0.877. The molecular weight excluding hydrogens is 336 g/mol. The fourth-order valence-electron chi connectivity index (χ4n) is 3.97. The molecule has 3 heterocycles. The Labute approximate surface area is 152 Å². The number of amides is 1. The third kappa shape index (κ3) is 3.14. The van der Waals surface area contributed by atoms with E-state index in [0.29, 0.717) is 17.4 Å². The highest BCUT2D eigenvalue weighted by atomic mass is 35.5. The van der Waals surface area contributed by atoms with Gasteiger partial charge in [0, 0.05) is 41.6 Å². The monoisotopic (exact) mass is 356 g/mol. The van der Waals surface area contributed by atoms with Crippen LogP contribution in [0.3, 0.4) is 0 Å². The lowest BCUT2D eigenvalue weighted by molar-refractivity contribution is -0.134. The Kier molecular flexibility index (Phi) is 4.44. The number of nitrogens with one attached hydrogen (secondary N) is 1. The predicted molar refractivity (Wildman–Crippen MR) is 97.1 cm³/mol. The van der Waals surface area contributed by atoms with Crippen molar-refractivity contribution in [3.8, 4) is 11.4 Å². The molecule has 130 valence electrons. The molecule has 2 saturated heterocycles. The number of carbonyl (C=O) groups excluding carboxylic acids is 1.